The molecule has 13 heavy (non-hydrogen) atoms. The Morgan fingerprint density at radius 2 is 2.38 bits per heavy atom. The molecule has 0 saturated carbocycles. The summed E-state index contributed by atoms with van der Waals surface area (Å²) in [5.74, 6) is 0.387. The Labute approximate surface area is 77.8 Å². The van der Waals surface area contributed by atoms with E-state index in [1.54, 1.807) is 6.92 Å². The van der Waals surface area contributed by atoms with Crippen molar-refractivity contribution < 1.29 is 9.90 Å². The number of amidine groups is 1. The normalized spacial score (nSPS) is 14.7. The van der Waals surface area contributed by atoms with Crippen LogP contribution in [-0.4, -0.2) is 35.9 Å². The summed E-state index contributed by atoms with van der Waals surface area (Å²) in [6.45, 7) is 1.91. The first-order chi connectivity index (χ1) is 6.04. The SMILES string of the molecule is CC(=N)NCCCC(N)(C=O)CO. The smallest absolute Gasteiger partial charge is 0.142 e. The summed E-state index contributed by atoms with van der Waals surface area (Å²) in [4.78, 5) is 10.4. The average Bonchev–Trinajstić information content (AvgIpc) is 2.12. The van der Waals surface area contributed by atoms with E-state index >= 15 is 0 Å². The maximum atomic E-state index is 10.4. The molecule has 5 heteroatoms. The highest BCUT2D eigenvalue weighted by Gasteiger charge is 2.21. The zero-order valence-corrected chi connectivity index (χ0v) is 7.84. The third kappa shape index (κ3) is 5.32. The number of carbonyl (C=O) groups is 1. The van der Waals surface area contributed by atoms with E-state index < -0.39 is 5.54 Å². The first-order valence-corrected chi connectivity index (χ1v) is 4.19. The maximum Gasteiger partial charge on any atom is 0.142 e. The molecule has 0 saturated heterocycles. The van der Waals surface area contributed by atoms with E-state index in [1.807, 2.05) is 0 Å². The van der Waals surface area contributed by atoms with Gasteiger partial charge in [0.25, 0.3) is 0 Å². The van der Waals surface area contributed by atoms with E-state index in [0.717, 1.165) is 0 Å². The topological polar surface area (TPSA) is 99.2 Å². The number of hydrogen-bond acceptors (Lipinski definition) is 4. The highest BCUT2D eigenvalue weighted by atomic mass is 16.3. The molecule has 0 rings (SSSR count). The van der Waals surface area contributed by atoms with Gasteiger partial charge in [-0.3, -0.25) is 5.41 Å². The van der Waals surface area contributed by atoms with Crippen LogP contribution in [0.15, 0.2) is 0 Å². The highest BCUT2D eigenvalue weighted by molar-refractivity contribution is 5.75. The van der Waals surface area contributed by atoms with Gasteiger partial charge in [-0.05, 0) is 19.8 Å². The van der Waals surface area contributed by atoms with Gasteiger partial charge in [-0.2, -0.15) is 0 Å². The number of nitrogens with two attached hydrogens (primary N) is 1. The van der Waals surface area contributed by atoms with Crippen LogP contribution in [0.3, 0.4) is 0 Å². The second kappa shape index (κ2) is 5.66. The van der Waals surface area contributed by atoms with Crippen LogP contribution >= 0.6 is 0 Å². The molecule has 76 valence electrons. The van der Waals surface area contributed by atoms with Crippen molar-refractivity contribution in [2.45, 2.75) is 25.3 Å². The van der Waals surface area contributed by atoms with Gasteiger partial charge in [0, 0.05) is 6.54 Å². The Bertz CT molecular complexity index is 184. The third-order valence-corrected chi connectivity index (χ3v) is 1.74. The molecule has 0 heterocycles. The van der Waals surface area contributed by atoms with Crippen molar-refractivity contribution in [3.63, 3.8) is 0 Å². The van der Waals surface area contributed by atoms with E-state index in [4.69, 9.17) is 16.2 Å². The van der Waals surface area contributed by atoms with Crippen molar-refractivity contribution in [2.24, 2.45) is 5.73 Å². The molecule has 0 bridgehead atoms. The lowest BCUT2D eigenvalue weighted by Gasteiger charge is -2.19. The number of nitrogens with one attached hydrogen (secondary N) is 2. The van der Waals surface area contributed by atoms with Crippen LogP contribution in [0.25, 0.3) is 0 Å². The van der Waals surface area contributed by atoms with Crippen molar-refractivity contribution in [3.05, 3.63) is 0 Å². The monoisotopic (exact) mass is 187 g/mol. The van der Waals surface area contributed by atoms with Crippen LogP contribution < -0.4 is 11.1 Å². The molecule has 5 N–H and O–H groups in total. The fourth-order valence-corrected chi connectivity index (χ4v) is 0.869. The minimum Gasteiger partial charge on any atom is -0.394 e. The zero-order valence-electron chi connectivity index (χ0n) is 7.84. The predicted molar refractivity (Wildman–Crippen MR) is 50.7 cm³/mol. The molecule has 0 aromatic carbocycles. The number of aliphatic hydroxyl groups is 1. The zero-order chi connectivity index (χ0) is 10.3. The van der Waals surface area contributed by atoms with Crippen LogP contribution in [0.4, 0.5) is 0 Å². The van der Waals surface area contributed by atoms with Gasteiger partial charge in [0.05, 0.1) is 18.0 Å². The van der Waals surface area contributed by atoms with E-state index in [2.05, 4.69) is 5.32 Å². The summed E-state index contributed by atoms with van der Waals surface area (Å²) in [7, 11) is 0. The summed E-state index contributed by atoms with van der Waals surface area (Å²) in [6.07, 6.45) is 1.66. The molecule has 0 aliphatic rings. The Kier molecular flexibility index (Phi) is 5.25. The van der Waals surface area contributed by atoms with Crippen LogP contribution in [0, 0.1) is 5.41 Å². The largest absolute Gasteiger partial charge is 0.394 e. The molecular weight excluding hydrogens is 170 g/mol. The molecular formula is C8H17N3O2. The van der Waals surface area contributed by atoms with Gasteiger partial charge in [-0.1, -0.05) is 0 Å². The fraction of sp³-hybridized carbons (Fsp3) is 0.750. The number of hydrogen-bond donors (Lipinski definition) is 4. The highest BCUT2D eigenvalue weighted by Crippen LogP contribution is 2.04. The van der Waals surface area contributed by atoms with Gasteiger partial charge in [0.15, 0.2) is 0 Å². The van der Waals surface area contributed by atoms with Gasteiger partial charge in [0.1, 0.15) is 6.29 Å². The molecule has 0 radical (unpaired) electrons. The molecule has 0 aliphatic heterocycles. The predicted octanol–water partition coefficient (Wildman–Crippen LogP) is -0.758. The van der Waals surface area contributed by atoms with Crippen LogP contribution in [-0.2, 0) is 4.79 Å². The molecule has 5 nitrogen and oxygen atoms in total. The van der Waals surface area contributed by atoms with Crippen molar-refractivity contribution in [1.82, 2.24) is 5.32 Å². The molecule has 0 spiro atoms. The first kappa shape index (κ1) is 12.1. The van der Waals surface area contributed by atoms with Crippen molar-refractivity contribution in [2.75, 3.05) is 13.2 Å². The second-order valence-electron chi connectivity index (χ2n) is 3.16. The Morgan fingerprint density at radius 3 is 2.77 bits per heavy atom. The summed E-state index contributed by atoms with van der Waals surface area (Å²) in [6, 6.07) is 0. The van der Waals surface area contributed by atoms with E-state index in [-0.39, 0.29) is 6.61 Å². The number of aldehydes is 1. The fourth-order valence-electron chi connectivity index (χ4n) is 0.869. The Hall–Kier alpha value is -0.940. The summed E-state index contributed by atoms with van der Waals surface area (Å²) >= 11 is 0. The van der Waals surface area contributed by atoms with E-state index in [0.29, 0.717) is 31.5 Å². The van der Waals surface area contributed by atoms with Gasteiger partial charge >= 0.3 is 0 Å². The summed E-state index contributed by atoms with van der Waals surface area (Å²) in [5.41, 5.74) is 4.40. The molecule has 1 atom stereocenters. The maximum absolute atomic E-state index is 10.4. The first-order valence-electron chi connectivity index (χ1n) is 4.19. The quantitative estimate of drug-likeness (QED) is 0.190. The molecule has 1 unspecified atom stereocenters. The van der Waals surface area contributed by atoms with Gasteiger partial charge in [-0.15, -0.1) is 0 Å². The lowest BCUT2D eigenvalue weighted by molar-refractivity contribution is -0.113. The average molecular weight is 187 g/mol. The molecule has 0 aliphatic carbocycles. The lowest BCUT2D eigenvalue weighted by Crippen LogP contribution is -2.45. The number of aliphatic hydroxyl groups excluding tert-OH is 1. The summed E-state index contributed by atoms with van der Waals surface area (Å²) in [5, 5.41) is 18.6. The van der Waals surface area contributed by atoms with Crippen molar-refractivity contribution >= 4 is 12.1 Å². The third-order valence-electron chi connectivity index (χ3n) is 1.74. The molecule has 0 fully saturated rings. The van der Waals surface area contributed by atoms with Crippen LogP contribution in [0.5, 0.6) is 0 Å². The van der Waals surface area contributed by atoms with E-state index in [9.17, 15) is 4.79 Å². The standard InChI is InChI=1S/C8H17N3O2/c1-7(9)11-4-2-3-8(10,5-12)6-13/h5,13H,2-4,6,10H2,1H3,(H2,9,11). The minimum absolute atomic E-state index is 0.333. The van der Waals surface area contributed by atoms with Crippen molar-refractivity contribution in [3.8, 4) is 0 Å². The minimum atomic E-state index is -1.11. The Morgan fingerprint density at radius 1 is 1.77 bits per heavy atom. The van der Waals surface area contributed by atoms with Crippen LogP contribution in [0.2, 0.25) is 0 Å². The van der Waals surface area contributed by atoms with E-state index in [1.165, 1.54) is 0 Å². The second-order valence-corrected chi connectivity index (χ2v) is 3.16. The van der Waals surface area contributed by atoms with Crippen molar-refractivity contribution in [1.29, 1.82) is 5.41 Å². The molecule has 0 aromatic rings. The number of carbonyl (C=O) groups excluding carboxylic acids is 1. The Balaban J connectivity index is 3.61. The van der Waals surface area contributed by atoms with Gasteiger partial charge in [-0.25, -0.2) is 0 Å². The van der Waals surface area contributed by atoms with Gasteiger partial charge in [0.2, 0.25) is 0 Å². The molecule has 0 amide bonds. The molecule has 0 aromatic heterocycles. The lowest BCUT2D eigenvalue weighted by atomic mass is 9.98. The summed E-state index contributed by atoms with van der Waals surface area (Å²) < 4.78 is 0. The number of rotatable bonds is 6. The van der Waals surface area contributed by atoms with Crippen LogP contribution in [0.1, 0.15) is 19.8 Å². The van der Waals surface area contributed by atoms with Gasteiger partial charge < -0.3 is 21.0 Å².